The first-order valence-electron chi connectivity index (χ1n) is 5.19. The number of halogens is 3. The van der Waals surface area contributed by atoms with Crippen molar-refractivity contribution in [3.63, 3.8) is 0 Å². The molecule has 0 amide bonds. The summed E-state index contributed by atoms with van der Waals surface area (Å²) in [7, 11) is -4.28. The first kappa shape index (κ1) is 14.7. The summed E-state index contributed by atoms with van der Waals surface area (Å²) in [6.45, 7) is 0. The number of pyridine rings is 1. The van der Waals surface area contributed by atoms with Gasteiger partial charge in [-0.2, -0.15) is 8.42 Å². The zero-order chi connectivity index (χ0) is 14.9. The van der Waals surface area contributed by atoms with E-state index in [9.17, 15) is 17.2 Å². The van der Waals surface area contributed by atoms with Crippen LogP contribution in [0.25, 0.3) is 0 Å². The lowest BCUT2D eigenvalue weighted by atomic mass is 10.3. The normalized spacial score (nSPS) is 11.3. The van der Waals surface area contributed by atoms with E-state index in [0.29, 0.717) is 0 Å². The van der Waals surface area contributed by atoms with Crippen LogP contribution in [0, 0.1) is 11.6 Å². The van der Waals surface area contributed by atoms with Crippen LogP contribution in [-0.4, -0.2) is 13.4 Å². The minimum Gasteiger partial charge on any atom is -0.396 e. The summed E-state index contributed by atoms with van der Waals surface area (Å²) in [5.74, 6) is -2.12. The number of rotatable bonds is 3. The fourth-order valence-electron chi connectivity index (χ4n) is 1.45. The SMILES string of the molecule is Nc1cccnc1S(=O)(=O)Nc1c(F)cc(Br)cc1F. The molecule has 0 unspecified atom stereocenters. The van der Waals surface area contributed by atoms with Crippen LogP contribution < -0.4 is 10.5 Å². The Hall–Kier alpha value is -1.74. The van der Waals surface area contributed by atoms with Crippen LogP contribution in [0.15, 0.2) is 40.0 Å². The molecule has 0 aliphatic carbocycles. The molecule has 1 aromatic heterocycles. The van der Waals surface area contributed by atoms with Crippen molar-refractivity contribution < 1.29 is 17.2 Å². The summed E-state index contributed by atoms with van der Waals surface area (Å²) in [5, 5.41) is -0.498. The zero-order valence-corrected chi connectivity index (χ0v) is 12.2. The first-order valence-corrected chi connectivity index (χ1v) is 7.47. The highest BCUT2D eigenvalue weighted by atomic mass is 79.9. The Morgan fingerprint density at radius 3 is 2.40 bits per heavy atom. The van der Waals surface area contributed by atoms with E-state index in [1.807, 2.05) is 0 Å². The molecule has 0 atom stereocenters. The van der Waals surface area contributed by atoms with Gasteiger partial charge in [-0.15, -0.1) is 0 Å². The van der Waals surface area contributed by atoms with Gasteiger partial charge < -0.3 is 5.73 Å². The number of hydrogen-bond donors (Lipinski definition) is 2. The Labute approximate surface area is 122 Å². The minimum absolute atomic E-state index is 0.127. The summed E-state index contributed by atoms with van der Waals surface area (Å²) in [4.78, 5) is 3.59. The Morgan fingerprint density at radius 1 is 1.25 bits per heavy atom. The van der Waals surface area contributed by atoms with Gasteiger partial charge in [-0.25, -0.2) is 13.8 Å². The van der Waals surface area contributed by atoms with Crippen molar-refractivity contribution >= 4 is 37.3 Å². The molecule has 3 N–H and O–H groups in total. The molecule has 20 heavy (non-hydrogen) atoms. The van der Waals surface area contributed by atoms with Gasteiger partial charge in [0.05, 0.1) is 5.69 Å². The van der Waals surface area contributed by atoms with Gasteiger partial charge in [-0.3, -0.25) is 4.72 Å². The number of nitrogens with two attached hydrogens (primary N) is 1. The topological polar surface area (TPSA) is 85.1 Å². The van der Waals surface area contributed by atoms with Crippen LogP contribution in [0.5, 0.6) is 0 Å². The van der Waals surface area contributed by atoms with Crippen LogP contribution in [0.3, 0.4) is 0 Å². The van der Waals surface area contributed by atoms with E-state index in [-0.39, 0.29) is 10.2 Å². The fourth-order valence-corrected chi connectivity index (χ4v) is 2.99. The molecule has 0 saturated heterocycles. The van der Waals surface area contributed by atoms with E-state index in [0.717, 1.165) is 12.1 Å². The van der Waals surface area contributed by atoms with Crippen LogP contribution in [-0.2, 0) is 10.0 Å². The molecule has 0 radical (unpaired) electrons. The van der Waals surface area contributed by atoms with Crippen molar-refractivity contribution in [2.75, 3.05) is 10.5 Å². The molecule has 0 aliphatic rings. The van der Waals surface area contributed by atoms with Gasteiger partial charge in [0.15, 0.2) is 16.7 Å². The number of nitrogen functional groups attached to an aromatic ring is 1. The molecular formula is C11H8BrF2N3O2S. The van der Waals surface area contributed by atoms with Crippen molar-refractivity contribution in [3.05, 3.63) is 46.6 Å². The summed E-state index contributed by atoms with van der Waals surface area (Å²) >= 11 is 2.89. The Balaban J connectivity index is 2.47. The molecule has 106 valence electrons. The Kier molecular flexibility index (Phi) is 3.91. The third kappa shape index (κ3) is 2.88. The molecule has 0 spiro atoms. The van der Waals surface area contributed by atoms with Gasteiger partial charge in [0.2, 0.25) is 0 Å². The molecule has 0 aliphatic heterocycles. The molecule has 9 heteroatoms. The highest BCUT2D eigenvalue weighted by Gasteiger charge is 2.22. The maximum atomic E-state index is 13.6. The average molecular weight is 364 g/mol. The molecule has 2 rings (SSSR count). The molecule has 0 bridgehead atoms. The summed E-state index contributed by atoms with van der Waals surface area (Å²) in [5.41, 5.74) is 4.56. The molecule has 1 aromatic carbocycles. The van der Waals surface area contributed by atoms with Gasteiger partial charge in [0.25, 0.3) is 10.0 Å². The van der Waals surface area contributed by atoms with Gasteiger partial charge in [-0.05, 0) is 24.3 Å². The number of sulfonamides is 1. The number of aromatic nitrogens is 1. The summed E-state index contributed by atoms with van der Waals surface area (Å²) in [6, 6.07) is 4.62. The number of nitrogens with zero attached hydrogens (tertiary/aromatic N) is 1. The predicted molar refractivity (Wildman–Crippen MR) is 73.5 cm³/mol. The van der Waals surface area contributed by atoms with Gasteiger partial charge in [0.1, 0.15) is 5.69 Å². The zero-order valence-electron chi connectivity index (χ0n) is 9.77. The van der Waals surface area contributed by atoms with E-state index < -0.39 is 32.4 Å². The van der Waals surface area contributed by atoms with Gasteiger partial charge in [-0.1, -0.05) is 15.9 Å². The van der Waals surface area contributed by atoms with Crippen LogP contribution in [0.4, 0.5) is 20.2 Å². The van der Waals surface area contributed by atoms with Crippen molar-refractivity contribution in [3.8, 4) is 0 Å². The van der Waals surface area contributed by atoms with Crippen molar-refractivity contribution in [2.45, 2.75) is 5.03 Å². The summed E-state index contributed by atoms with van der Waals surface area (Å²) < 4.78 is 53.2. The van der Waals surface area contributed by atoms with Crippen molar-refractivity contribution in [1.82, 2.24) is 4.98 Å². The lowest BCUT2D eigenvalue weighted by molar-refractivity contribution is 0.581. The predicted octanol–water partition coefficient (Wildman–Crippen LogP) is 2.51. The highest BCUT2D eigenvalue weighted by molar-refractivity contribution is 9.10. The van der Waals surface area contributed by atoms with E-state index >= 15 is 0 Å². The number of nitrogens with one attached hydrogen (secondary N) is 1. The van der Waals surface area contributed by atoms with Crippen LogP contribution >= 0.6 is 15.9 Å². The van der Waals surface area contributed by atoms with Crippen LogP contribution in [0.1, 0.15) is 0 Å². The Morgan fingerprint density at radius 2 is 1.85 bits per heavy atom. The molecule has 1 heterocycles. The highest BCUT2D eigenvalue weighted by Crippen LogP contribution is 2.26. The van der Waals surface area contributed by atoms with Gasteiger partial charge in [0, 0.05) is 10.7 Å². The quantitative estimate of drug-likeness (QED) is 0.877. The van der Waals surface area contributed by atoms with E-state index in [2.05, 4.69) is 20.9 Å². The monoisotopic (exact) mass is 363 g/mol. The largest absolute Gasteiger partial charge is 0.396 e. The number of anilines is 2. The van der Waals surface area contributed by atoms with E-state index in [1.54, 1.807) is 4.72 Å². The van der Waals surface area contributed by atoms with E-state index in [4.69, 9.17) is 5.73 Å². The molecule has 0 saturated carbocycles. The molecule has 2 aromatic rings. The summed E-state index contributed by atoms with van der Waals surface area (Å²) in [6.07, 6.45) is 1.21. The molecule has 5 nitrogen and oxygen atoms in total. The molecular weight excluding hydrogens is 356 g/mol. The Bertz CT molecular complexity index is 745. The number of benzene rings is 1. The van der Waals surface area contributed by atoms with Gasteiger partial charge >= 0.3 is 0 Å². The first-order chi connectivity index (χ1) is 9.31. The minimum atomic E-state index is -4.28. The van der Waals surface area contributed by atoms with Crippen molar-refractivity contribution in [2.24, 2.45) is 0 Å². The second kappa shape index (κ2) is 5.33. The standard InChI is InChI=1S/C11H8BrF2N3O2S/c12-6-4-7(13)10(8(14)5-6)17-20(18,19)11-9(15)2-1-3-16-11/h1-5,17H,15H2. The second-order valence-corrected chi connectivity index (χ2v) is 6.26. The third-order valence-corrected chi connectivity index (χ3v) is 4.08. The van der Waals surface area contributed by atoms with Crippen molar-refractivity contribution in [1.29, 1.82) is 0 Å². The van der Waals surface area contributed by atoms with E-state index in [1.165, 1.54) is 18.3 Å². The smallest absolute Gasteiger partial charge is 0.281 e. The maximum Gasteiger partial charge on any atom is 0.281 e. The molecule has 0 fully saturated rings. The maximum absolute atomic E-state index is 13.6. The number of hydrogen-bond acceptors (Lipinski definition) is 4. The second-order valence-electron chi connectivity index (χ2n) is 3.75. The average Bonchev–Trinajstić information content (AvgIpc) is 2.34. The van der Waals surface area contributed by atoms with Crippen LogP contribution in [0.2, 0.25) is 0 Å². The third-order valence-electron chi connectivity index (χ3n) is 2.30. The lowest BCUT2D eigenvalue weighted by Crippen LogP contribution is -2.18. The fraction of sp³-hybridized carbons (Fsp3) is 0. The lowest BCUT2D eigenvalue weighted by Gasteiger charge is -2.10.